The van der Waals surface area contributed by atoms with Crippen molar-refractivity contribution in [2.45, 2.75) is 32.3 Å². The second-order valence-corrected chi connectivity index (χ2v) is 10.9. The Labute approximate surface area is 176 Å². The molecule has 29 heavy (non-hydrogen) atoms. The Balaban J connectivity index is 3.74. The first kappa shape index (κ1) is 26.3. The van der Waals surface area contributed by atoms with Gasteiger partial charge in [0.1, 0.15) is 0 Å². The maximum Gasteiger partial charge on any atom is 0.407 e. The smallest absolute Gasteiger partial charge is 0.407 e. The molecule has 12 heteroatoms. The zero-order chi connectivity index (χ0) is 22.0. The van der Waals surface area contributed by atoms with E-state index >= 15 is 0 Å². The molecule has 0 aliphatic carbocycles. The van der Waals surface area contributed by atoms with Crippen LogP contribution >= 0.6 is 27.1 Å². The number of aliphatic carboxylic acids is 1. The van der Waals surface area contributed by atoms with Crippen molar-refractivity contribution in [1.82, 2.24) is 5.09 Å². The van der Waals surface area contributed by atoms with Gasteiger partial charge in [-0.15, -0.1) is 11.8 Å². The lowest BCUT2D eigenvalue weighted by Gasteiger charge is -2.40. The van der Waals surface area contributed by atoms with Crippen LogP contribution in [-0.4, -0.2) is 43.3 Å². The van der Waals surface area contributed by atoms with Gasteiger partial charge in [0.2, 0.25) is 4.61 Å². The Kier molecular flexibility index (Phi) is 11.1. The van der Waals surface area contributed by atoms with Gasteiger partial charge in [-0.1, -0.05) is 30.3 Å². The van der Waals surface area contributed by atoms with E-state index in [1.54, 1.807) is 58.0 Å². The van der Waals surface area contributed by atoms with E-state index in [-0.39, 0.29) is 26.4 Å². The molecule has 166 valence electrons. The molecule has 9 nitrogen and oxygen atoms in total. The van der Waals surface area contributed by atoms with E-state index < -0.39 is 31.7 Å². The number of carboxylic acid groups (broad SMARTS) is 1. The van der Waals surface area contributed by atoms with Crippen molar-refractivity contribution < 1.29 is 37.1 Å². The first-order valence-corrected chi connectivity index (χ1v) is 13.3. The summed E-state index contributed by atoms with van der Waals surface area (Å²) in [6.07, 6.45) is 0. The molecular formula is C17H29NO8P2S. The summed E-state index contributed by atoms with van der Waals surface area (Å²) in [6, 6.07) is 8.35. The van der Waals surface area contributed by atoms with Crippen LogP contribution in [-0.2, 0) is 36.6 Å². The normalized spacial score (nSPS) is 14.5. The van der Waals surface area contributed by atoms with E-state index in [1.165, 1.54) is 0 Å². The van der Waals surface area contributed by atoms with E-state index in [2.05, 4.69) is 5.09 Å². The molecule has 1 atom stereocenters. The first-order valence-electron chi connectivity index (χ1n) is 9.21. The van der Waals surface area contributed by atoms with Gasteiger partial charge in [-0.05, 0) is 33.3 Å². The number of carbonyl (C=O) groups is 1. The second-order valence-electron chi connectivity index (χ2n) is 5.47. The van der Waals surface area contributed by atoms with Gasteiger partial charge in [0.05, 0.1) is 32.2 Å². The number of rotatable bonds is 15. The topological polar surface area (TPSA) is 120 Å². The van der Waals surface area contributed by atoms with E-state index in [0.29, 0.717) is 5.56 Å². The van der Waals surface area contributed by atoms with Crippen LogP contribution < -0.4 is 5.09 Å². The summed E-state index contributed by atoms with van der Waals surface area (Å²) in [6.45, 7) is 6.67. The lowest BCUT2D eigenvalue weighted by Crippen LogP contribution is -2.40. The molecule has 0 spiro atoms. The number of thioether (sulfide) groups is 1. The maximum atomic E-state index is 14.0. The molecule has 0 fully saturated rings. The van der Waals surface area contributed by atoms with Crippen LogP contribution in [0, 0.1) is 0 Å². The van der Waals surface area contributed by atoms with Crippen LogP contribution in [0.1, 0.15) is 33.3 Å². The largest absolute Gasteiger partial charge is 0.481 e. The molecule has 0 radical (unpaired) electrons. The lowest BCUT2D eigenvalue weighted by atomic mass is 10.2. The average Bonchev–Trinajstić information content (AvgIpc) is 2.66. The standard InChI is InChI=1S/C17H29NO8P2S/c1-5-23-27(21,24-6-2)17(29-14-16(19)20,15-12-10-9-11-13-15)18-28(22,25-7-3)26-8-4/h9-13H,5-8,14H2,1-4H3,(H,18,22)(H,19,20). The average molecular weight is 469 g/mol. The summed E-state index contributed by atoms with van der Waals surface area (Å²) < 4.78 is 47.3. The fraction of sp³-hybridized carbons (Fsp3) is 0.588. The van der Waals surface area contributed by atoms with Crippen LogP contribution in [0.2, 0.25) is 0 Å². The molecule has 1 rings (SSSR count). The number of nitrogens with one attached hydrogen (secondary N) is 1. The Hall–Kier alpha value is -0.700. The van der Waals surface area contributed by atoms with Gasteiger partial charge in [0.25, 0.3) is 0 Å². The number of hydrogen-bond donors (Lipinski definition) is 2. The summed E-state index contributed by atoms with van der Waals surface area (Å²) in [5.74, 6) is -1.62. The fourth-order valence-electron chi connectivity index (χ4n) is 2.50. The predicted molar refractivity (Wildman–Crippen MR) is 113 cm³/mol. The maximum absolute atomic E-state index is 14.0. The van der Waals surface area contributed by atoms with Crippen molar-refractivity contribution in [2.24, 2.45) is 0 Å². The third kappa shape index (κ3) is 6.91. The van der Waals surface area contributed by atoms with E-state index in [9.17, 15) is 19.0 Å². The third-order valence-electron chi connectivity index (χ3n) is 3.44. The molecule has 0 heterocycles. The zero-order valence-electron chi connectivity index (χ0n) is 17.0. The molecule has 2 N–H and O–H groups in total. The van der Waals surface area contributed by atoms with Crippen LogP contribution in [0.5, 0.6) is 0 Å². The molecule has 0 bridgehead atoms. The molecule has 0 aliphatic heterocycles. The molecule has 1 unspecified atom stereocenters. The zero-order valence-corrected chi connectivity index (χ0v) is 19.6. The molecule has 0 saturated carbocycles. The summed E-state index contributed by atoms with van der Waals surface area (Å²) in [5, 5.41) is 12.0. The molecule has 0 saturated heterocycles. The van der Waals surface area contributed by atoms with Crippen molar-refractivity contribution >= 4 is 33.1 Å². The Morgan fingerprint density at radius 3 is 1.86 bits per heavy atom. The summed E-state index contributed by atoms with van der Waals surface area (Å²) in [7, 11) is -8.13. The molecule has 0 aliphatic rings. The highest BCUT2D eigenvalue weighted by Crippen LogP contribution is 2.71. The van der Waals surface area contributed by atoms with Gasteiger partial charge in [-0.2, -0.15) is 5.09 Å². The Morgan fingerprint density at radius 2 is 1.45 bits per heavy atom. The van der Waals surface area contributed by atoms with E-state index in [0.717, 1.165) is 11.8 Å². The van der Waals surface area contributed by atoms with Gasteiger partial charge in [0, 0.05) is 0 Å². The Morgan fingerprint density at radius 1 is 0.966 bits per heavy atom. The minimum absolute atomic E-state index is 0.0226. The van der Waals surface area contributed by atoms with Gasteiger partial charge in [0.15, 0.2) is 0 Å². The summed E-state index contributed by atoms with van der Waals surface area (Å²) in [4.78, 5) is 11.4. The summed E-state index contributed by atoms with van der Waals surface area (Å²) in [5.41, 5.74) is 0.358. The van der Waals surface area contributed by atoms with Crippen molar-refractivity contribution in [1.29, 1.82) is 0 Å². The van der Waals surface area contributed by atoms with Gasteiger partial charge in [-0.3, -0.25) is 18.4 Å². The molecular weight excluding hydrogens is 440 g/mol. The van der Waals surface area contributed by atoms with Gasteiger partial charge in [-0.25, -0.2) is 4.57 Å². The fourth-order valence-corrected chi connectivity index (χ4v) is 8.69. The number of benzene rings is 1. The predicted octanol–water partition coefficient (Wildman–Crippen LogP) is 4.65. The lowest BCUT2D eigenvalue weighted by molar-refractivity contribution is -0.133. The van der Waals surface area contributed by atoms with Gasteiger partial charge >= 0.3 is 21.3 Å². The molecule has 1 aromatic rings. The van der Waals surface area contributed by atoms with Crippen LogP contribution in [0.4, 0.5) is 0 Å². The van der Waals surface area contributed by atoms with Crippen molar-refractivity contribution in [3.05, 3.63) is 35.9 Å². The molecule has 1 aromatic carbocycles. The van der Waals surface area contributed by atoms with Crippen molar-refractivity contribution in [2.75, 3.05) is 32.2 Å². The summed E-state index contributed by atoms with van der Waals surface area (Å²) >= 11 is 0.740. The van der Waals surface area contributed by atoms with Crippen LogP contribution in [0.3, 0.4) is 0 Å². The Bertz CT molecular complexity index is 715. The SMILES string of the molecule is CCOP(=O)(NC(SCC(=O)O)(c1ccccc1)P(=O)(OCC)OCC)OCC. The van der Waals surface area contributed by atoms with Crippen LogP contribution in [0.15, 0.2) is 30.3 Å². The highest BCUT2D eigenvalue weighted by atomic mass is 32.2. The monoisotopic (exact) mass is 469 g/mol. The van der Waals surface area contributed by atoms with E-state index in [1.807, 2.05) is 0 Å². The van der Waals surface area contributed by atoms with E-state index in [4.69, 9.17) is 18.1 Å². The number of hydrogen-bond acceptors (Lipinski definition) is 8. The molecule has 0 aromatic heterocycles. The van der Waals surface area contributed by atoms with Gasteiger partial charge < -0.3 is 14.2 Å². The number of carboxylic acids is 1. The highest BCUT2D eigenvalue weighted by Gasteiger charge is 2.57. The second kappa shape index (κ2) is 12.2. The van der Waals surface area contributed by atoms with Crippen molar-refractivity contribution in [3.8, 4) is 0 Å². The minimum atomic E-state index is -4.13. The third-order valence-corrected chi connectivity index (χ3v) is 10.1. The first-order chi connectivity index (χ1) is 13.7. The van der Waals surface area contributed by atoms with Crippen LogP contribution in [0.25, 0.3) is 0 Å². The minimum Gasteiger partial charge on any atom is -0.481 e. The quantitative estimate of drug-likeness (QED) is 0.277. The highest BCUT2D eigenvalue weighted by molar-refractivity contribution is 8.06. The molecule has 0 amide bonds. The van der Waals surface area contributed by atoms with Crippen molar-refractivity contribution in [3.63, 3.8) is 0 Å².